The molecule has 5 nitrogen and oxygen atoms in total. The predicted molar refractivity (Wildman–Crippen MR) is 75.3 cm³/mol. The van der Waals surface area contributed by atoms with Crippen molar-refractivity contribution in [2.75, 3.05) is 5.32 Å². The summed E-state index contributed by atoms with van der Waals surface area (Å²) in [5.41, 5.74) is 2.25. The summed E-state index contributed by atoms with van der Waals surface area (Å²) < 4.78 is 0. The number of aryl methyl sites for hydroxylation is 2. The summed E-state index contributed by atoms with van der Waals surface area (Å²) in [7, 11) is 0. The minimum Gasteiger partial charge on any atom is -0.481 e. The summed E-state index contributed by atoms with van der Waals surface area (Å²) in [5.74, 6) is -2.36. The van der Waals surface area contributed by atoms with Gasteiger partial charge >= 0.3 is 5.97 Å². The molecule has 0 aromatic carbocycles. The van der Waals surface area contributed by atoms with Crippen molar-refractivity contribution in [3.8, 4) is 0 Å². The number of aliphatic carboxylic acids is 1. The lowest BCUT2D eigenvalue weighted by atomic mass is 9.82. The van der Waals surface area contributed by atoms with Gasteiger partial charge in [-0.05, 0) is 38.8 Å². The van der Waals surface area contributed by atoms with Gasteiger partial charge in [-0.1, -0.05) is 12.2 Å². The van der Waals surface area contributed by atoms with Crippen molar-refractivity contribution in [2.45, 2.75) is 26.7 Å². The van der Waals surface area contributed by atoms with Crippen LogP contribution in [0.3, 0.4) is 0 Å². The number of nitrogens with zero attached hydrogens (tertiary/aromatic N) is 1. The van der Waals surface area contributed by atoms with Gasteiger partial charge in [-0.25, -0.2) is 0 Å². The van der Waals surface area contributed by atoms with E-state index in [1.807, 2.05) is 32.1 Å². The van der Waals surface area contributed by atoms with Gasteiger partial charge in [0, 0.05) is 5.69 Å². The molecule has 0 saturated heterocycles. The summed E-state index contributed by atoms with van der Waals surface area (Å²) in [5, 5.41) is 12.0. The summed E-state index contributed by atoms with van der Waals surface area (Å²) >= 11 is 0. The number of aromatic nitrogens is 1. The molecule has 0 spiro atoms. The SMILES string of the molecule is Cc1ccc(NC(=O)[C@@H]2CC=CC[C@@H]2C(=O)O)c(C)n1. The number of carboxylic acid groups (broad SMARTS) is 1. The molecule has 2 N–H and O–H groups in total. The number of amides is 1. The van der Waals surface area contributed by atoms with Gasteiger partial charge in [-0.2, -0.15) is 0 Å². The smallest absolute Gasteiger partial charge is 0.307 e. The third-order valence-corrected chi connectivity index (χ3v) is 3.57. The molecule has 2 atom stereocenters. The molecule has 20 heavy (non-hydrogen) atoms. The molecule has 0 radical (unpaired) electrons. The van der Waals surface area contributed by atoms with Crippen LogP contribution in [-0.2, 0) is 9.59 Å². The monoisotopic (exact) mass is 274 g/mol. The first-order chi connectivity index (χ1) is 9.49. The number of carbonyl (C=O) groups is 2. The second-order valence-electron chi connectivity index (χ2n) is 5.07. The quantitative estimate of drug-likeness (QED) is 0.829. The maximum Gasteiger partial charge on any atom is 0.307 e. The van der Waals surface area contributed by atoms with Gasteiger partial charge in [-0.3, -0.25) is 14.6 Å². The van der Waals surface area contributed by atoms with E-state index in [4.69, 9.17) is 0 Å². The first-order valence-electron chi connectivity index (χ1n) is 6.62. The number of nitrogens with one attached hydrogen (secondary N) is 1. The molecule has 1 amide bonds. The molecule has 106 valence electrons. The fourth-order valence-electron chi connectivity index (χ4n) is 2.42. The van der Waals surface area contributed by atoms with Crippen molar-refractivity contribution in [1.29, 1.82) is 0 Å². The van der Waals surface area contributed by atoms with Crippen molar-refractivity contribution < 1.29 is 14.7 Å². The van der Waals surface area contributed by atoms with Crippen LogP contribution in [-0.4, -0.2) is 22.0 Å². The van der Waals surface area contributed by atoms with Crippen LogP contribution < -0.4 is 5.32 Å². The topological polar surface area (TPSA) is 79.3 Å². The Labute approximate surface area is 117 Å². The van der Waals surface area contributed by atoms with Crippen LogP contribution in [0.15, 0.2) is 24.3 Å². The molecule has 0 bridgehead atoms. The lowest BCUT2D eigenvalue weighted by molar-refractivity contribution is -0.146. The number of pyridine rings is 1. The second kappa shape index (κ2) is 5.86. The normalized spacial score (nSPS) is 21.5. The van der Waals surface area contributed by atoms with E-state index in [1.54, 1.807) is 6.07 Å². The molecule has 0 fully saturated rings. The summed E-state index contributed by atoms with van der Waals surface area (Å²) in [6.07, 6.45) is 4.55. The minimum atomic E-state index is -0.923. The molecule has 2 rings (SSSR count). The highest BCUT2D eigenvalue weighted by Gasteiger charge is 2.34. The van der Waals surface area contributed by atoms with Gasteiger partial charge in [0.2, 0.25) is 5.91 Å². The molecule has 1 aliphatic carbocycles. The van der Waals surface area contributed by atoms with Crippen LogP contribution in [0.4, 0.5) is 5.69 Å². The highest BCUT2D eigenvalue weighted by atomic mass is 16.4. The van der Waals surface area contributed by atoms with Crippen molar-refractivity contribution in [2.24, 2.45) is 11.8 Å². The number of hydrogen-bond donors (Lipinski definition) is 2. The van der Waals surface area contributed by atoms with E-state index < -0.39 is 17.8 Å². The first-order valence-corrected chi connectivity index (χ1v) is 6.62. The maximum absolute atomic E-state index is 12.3. The fourth-order valence-corrected chi connectivity index (χ4v) is 2.42. The minimum absolute atomic E-state index is 0.254. The molecule has 1 aromatic heterocycles. The summed E-state index contributed by atoms with van der Waals surface area (Å²) in [6.45, 7) is 3.70. The Bertz CT molecular complexity index is 566. The van der Waals surface area contributed by atoms with Crippen LogP contribution in [0, 0.1) is 25.7 Å². The third-order valence-electron chi connectivity index (χ3n) is 3.57. The van der Waals surface area contributed by atoms with Crippen LogP contribution in [0.1, 0.15) is 24.2 Å². The van der Waals surface area contributed by atoms with Crippen LogP contribution in [0.25, 0.3) is 0 Å². The predicted octanol–water partition coefficient (Wildman–Crippen LogP) is 2.30. The molecular weight excluding hydrogens is 256 g/mol. The lowest BCUT2D eigenvalue weighted by Crippen LogP contribution is -2.34. The van der Waals surface area contributed by atoms with Crippen LogP contribution in [0.2, 0.25) is 0 Å². The molecule has 5 heteroatoms. The van der Waals surface area contributed by atoms with Gasteiger partial charge in [0.1, 0.15) is 0 Å². The number of anilines is 1. The zero-order valence-electron chi connectivity index (χ0n) is 11.6. The van der Waals surface area contributed by atoms with E-state index >= 15 is 0 Å². The highest BCUT2D eigenvalue weighted by molar-refractivity contribution is 5.95. The number of carboxylic acids is 1. The van der Waals surface area contributed by atoms with Gasteiger partial charge in [-0.15, -0.1) is 0 Å². The summed E-state index contributed by atoms with van der Waals surface area (Å²) in [6, 6.07) is 3.61. The van der Waals surface area contributed by atoms with Crippen molar-refractivity contribution in [1.82, 2.24) is 4.98 Å². The third kappa shape index (κ3) is 3.04. The Balaban J connectivity index is 2.14. The Morgan fingerprint density at radius 2 is 1.85 bits per heavy atom. The molecule has 0 aliphatic heterocycles. The summed E-state index contributed by atoms with van der Waals surface area (Å²) in [4.78, 5) is 27.8. The molecular formula is C15H18N2O3. The van der Waals surface area contributed by atoms with E-state index in [1.165, 1.54) is 0 Å². The van der Waals surface area contributed by atoms with E-state index in [2.05, 4.69) is 10.3 Å². The number of carbonyl (C=O) groups excluding carboxylic acids is 1. The number of allylic oxidation sites excluding steroid dienone is 2. The lowest BCUT2D eigenvalue weighted by Gasteiger charge is -2.24. The Kier molecular flexibility index (Phi) is 4.17. The van der Waals surface area contributed by atoms with E-state index in [-0.39, 0.29) is 5.91 Å². The zero-order valence-corrected chi connectivity index (χ0v) is 11.6. The fraction of sp³-hybridized carbons (Fsp3) is 0.400. The number of rotatable bonds is 3. The average molecular weight is 274 g/mol. The Hall–Kier alpha value is -2.17. The molecule has 1 aliphatic rings. The van der Waals surface area contributed by atoms with Crippen LogP contribution in [0.5, 0.6) is 0 Å². The first kappa shape index (κ1) is 14.2. The van der Waals surface area contributed by atoms with Crippen molar-refractivity contribution in [3.05, 3.63) is 35.7 Å². The Morgan fingerprint density at radius 1 is 1.20 bits per heavy atom. The van der Waals surface area contributed by atoms with Gasteiger partial charge in [0.25, 0.3) is 0 Å². The van der Waals surface area contributed by atoms with Gasteiger partial charge in [0.15, 0.2) is 0 Å². The Morgan fingerprint density at radius 3 is 2.45 bits per heavy atom. The van der Waals surface area contributed by atoms with E-state index in [0.29, 0.717) is 18.5 Å². The molecule has 0 saturated carbocycles. The van der Waals surface area contributed by atoms with Gasteiger partial charge < -0.3 is 10.4 Å². The standard InChI is InChI=1S/C15H18N2O3/c1-9-7-8-13(10(2)16-9)17-14(18)11-5-3-4-6-12(11)15(19)20/h3-4,7-8,11-12H,5-6H2,1-2H3,(H,17,18)(H,19,20)/t11-,12+/m1/s1. The highest BCUT2D eigenvalue weighted by Crippen LogP contribution is 2.27. The van der Waals surface area contributed by atoms with Crippen LogP contribution >= 0.6 is 0 Å². The molecule has 1 heterocycles. The van der Waals surface area contributed by atoms with E-state index in [9.17, 15) is 14.7 Å². The zero-order chi connectivity index (χ0) is 14.7. The number of hydrogen-bond acceptors (Lipinski definition) is 3. The van der Waals surface area contributed by atoms with Crippen molar-refractivity contribution in [3.63, 3.8) is 0 Å². The van der Waals surface area contributed by atoms with Gasteiger partial charge in [0.05, 0.1) is 23.2 Å². The largest absolute Gasteiger partial charge is 0.481 e. The maximum atomic E-state index is 12.3. The molecule has 1 aromatic rings. The average Bonchev–Trinajstić information content (AvgIpc) is 2.41. The second-order valence-corrected chi connectivity index (χ2v) is 5.07. The molecule has 0 unspecified atom stereocenters. The van der Waals surface area contributed by atoms with E-state index in [0.717, 1.165) is 11.4 Å². The van der Waals surface area contributed by atoms with Crippen molar-refractivity contribution >= 4 is 17.6 Å².